The first-order valence-corrected chi connectivity index (χ1v) is 12.3. The second-order valence-corrected chi connectivity index (χ2v) is 9.21. The monoisotopic (exact) mass is 495 g/mol. The second kappa shape index (κ2) is 10.9. The first-order chi connectivity index (χ1) is 17.1. The molecule has 2 aromatic heterocycles. The van der Waals surface area contributed by atoms with Crippen LogP contribution >= 0.6 is 11.3 Å². The maximum atomic E-state index is 13.0. The van der Waals surface area contributed by atoms with Gasteiger partial charge in [-0.05, 0) is 48.5 Å². The van der Waals surface area contributed by atoms with E-state index in [0.29, 0.717) is 30.6 Å². The third-order valence-electron chi connectivity index (χ3n) is 5.80. The molecule has 5 rings (SSSR count). The van der Waals surface area contributed by atoms with E-state index in [1.807, 2.05) is 24.3 Å². The van der Waals surface area contributed by atoms with E-state index in [9.17, 15) is 4.39 Å². The SMILES string of the molecule is COc1ccc(-c2noc(CN3CCN(Cc4csc(COc5ccc(F)cc5)n4)CC3)n2)cc1. The minimum absolute atomic E-state index is 0.274. The molecule has 0 unspecified atom stereocenters. The van der Waals surface area contributed by atoms with Crippen LogP contribution in [-0.2, 0) is 19.7 Å². The van der Waals surface area contributed by atoms with Crippen molar-refractivity contribution in [2.45, 2.75) is 19.7 Å². The number of aromatic nitrogens is 3. The van der Waals surface area contributed by atoms with Crippen molar-refractivity contribution in [2.75, 3.05) is 33.3 Å². The van der Waals surface area contributed by atoms with Gasteiger partial charge in [-0.3, -0.25) is 9.80 Å². The molecule has 2 aromatic carbocycles. The van der Waals surface area contributed by atoms with Crippen molar-refractivity contribution >= 4 is 11.3 Å². The zero-order valence-electron chi connectivity index (χ0n) is 19.4. The minimum Gasteiger partial charge on any atom is -0.497 e. The van der Waals surface area contributed by atoms with Crippen LogP contribution in [0.3, 0.4) is 0 Å². The summed E-state index contributed by atoms with van der Waals surface area (Å²) in [5, 5.41) is 7.11. The van der Waals surface area contributed by atoms with Crippen LogP contribution in [0, 0.1) is 5.82 Å². The summed E-state index contributed by atoms with van der Waals surface area (Å²) in [6.45, 7) is 5.56. The standard InChI is InChI=1S/C25H26FN5O3S/c1-32-21-6-2-18(3-7-21)25-28-23(34-29-25)15-31-12-10-30(11-13-31)14-20-17-35-24(27-20)16-33-22-8-4-19(26)5-9-22/h2-9,17H,10-16H2,1H3. The maximum absolute atomic E-state index is 13.0. The highest BCUT2D eigenvalue weighted by molar-refractivity contribution is 7.09. The van der Waals surface area contributed by atoms with E-state index in [1.54, 1.807) is 30.6 Å². The molecule has 0 atom stereocenters. The van der Waals surface area contributed by atoms with Gasteiger partial charge in [0.05, 0.1) is 19.3 Å². The number of hydrogen-bond donors (Lipinski definition) is 0. The third-order valence-corrected chi connectivity index (χ3v) is 6.67. The largest absolute Gasteiger partial charge is 0.497 e. The van der Waals surface area contributed by atoms with Gasteiger partial charge in [-0.15, -0.1) is 11.3 Å². The minimum atomic E-state index is -0.274. The Labute approximate surface area is 206 Å². The fourth-order valence-electron chi connectivity index (χ4n) is 3.87. The lowest BCUT2D eigenvalue weighted by Gasteiger charge is -2.33. The molecule has 3 heterocycles. The summed E-state index contributed by atoms with van der Waals surface area (Å²) in [7, 11) is 1.64. The molecule has 0 saturated carbocycles. The highest BCUT2D eigenvalue weighted by atomic mass is 32.1. The topological polar surface area (TPSA) is 76.8 Å². The van der Waals surface area contributed by atoms with Crippen molar-refractivity contribution in [1.29, 1.82) is 0 Å². The van der Waals surface area contributed by atoms with Crippen LogP contribution in [0.25, 0.3) is 11.4 Å². The van der Waals surface area contributed by atoms with E-state index in [1.165, 1.54) is 12.1 Å². The molecule has 0 bridgehead atoms. The van der Waals surface area contributed by atoms with Gasteiger partial charge in [0.15, 0.2) is 0 Å². The van der Waals surface area contributed by atoms with Crippen LogP contribution in [0.4, 0.5) is 4.39 Å². The molecular weight excluding hydrogens is 469 g/mol. The molecule has 35 heavy (non-hydrogen) atoms. The van der Waals surface area contributed by atoms with Gasteiger partial charge in [0.1, 0.15) is 28.9 Å². The molecule has 10 heteroatoms. The molecule has 1 aliphatic heterocycles. The van der Waals surface area contributed by atoms with E-state index < -0.39 is 0 Å². The quantitative estimate of drug-likeness (QED) is 0.341. The third kappa shape index (κ3) is 6.21. The lowest BCUT2D eigenvalue weighted by Crippen LogP contribution is -2.45. The molecule has 0 radical (unpaired) electrons. The first-order valence-electron chi connectivity index (χ1n) is 11.4. The fraction of sp³-hybridized carbons (Fsp3) is 0.320. The Morgan fingerprint density at radius 1 is 0.914 bits per heavy atom. The maximum Gasteiger partial charge on any atom is 0.241 e. The van der Waals surface area contributed by atoms with Gasteiger partial charge in [0.2, 0.25) is 11.7 Å². The lowest BCUT2D eigenvalue weighted by atomic mass is 10.2. The zero-order valence-corrected chi connectivity index (χ0v) is 20.2. The number of halogens is 1. The van der Waals surface area contributed by atoms with E-state index in [4.69, 9.17) is 14.0 Å². The summed E-state index contributed by atoms with van der Waals surface area (Å²) >= 11 is 1.58. The molecule has 0 amide bonds. The Balaban J connectivity index is 1.07. The Morgan fingerprint density at radius 2 is 1.60 bits per heavy atom. The number of rotatable bonds is 9. The number of thiazole rings is 1. The molecular formula is C25H26FN5O3S. The van der Waals surface area contributed by atoms with Gasteiger partial charge in [-0.25, -0.2) is 9.37 Å². The van der Waals surface area contributed by atoms with E-state index in [0.717, 1.165) is 54.7 Å². The number of methoxy groups -OCH3 is 1. The average Bonchev–Trinajstić information content (AvgIpc) is 3.54. The van der Waals surface area contributed by atoms with Crippen molar-refractivity contribution in [2.24, 2.45) is 0 Å². The fourth-order valence-corrected chi connectivity index (χ4v) is 4.56. The van der Waals surface area contributed by atoms with Crippen LogP contribution in [0.2, 0.25) is 0 Å². The van der Waals surface area contributed by atoms with E-state index >= 15 is 0 Å². The second-order valence-electron chi connectivity index (χ2n) is 8.27. The summed E-state index contributed by atoms with van der Waals surface area (Å²) in [6.07, 6.45) is 0. The summed E-state index contributed by atoms with van der Waals surface area (Å²) in [4.78, 5) is 14.0. The summed E-state index contributed by atoms with van der Waals surface area (Å²) in [5.74, 6) is 2.36. The van der Waals surface area contributed by atoms with Gasteiger partial charge in [0.25, 0.3) is 0 Å². The molecule has 1 saturated heterocycles. The number of hydrogen-bond acceptors (Lipinski definition) is 9. The summed E-state index contributed by atoms with van der Waals surface area (Å²) in [6, 6.07) is 13.6. The van der Waals surface area contributed by atoms with Gasteiger partial charge in [-0.2, -0.15) is 4.98 Å². The number of benzene rings is 2. The first kappa shape index (κ1) is 23.4. The van der Waals surface area contributed by atoms with Gasteiger partial charge >= 0.3 is 0 Å². The molecule has 1 fully saturated rings. The Kier molecular flexibility index (Phi) is 7.31. The number of ether oxygens (including phenoxy) is 2. The van der Waals surface area contributed by atoms with Crippen LogP contribution in [-0.4, -0.2) is 58.2 Å². The van der Waals surface area contributed by atoms with Crippen LogP contribution in [0.15, 0.2) is 58.4 Å². The highest BCUT2D eigenvalue weighted by Gasteiger charge is 2.20. The highest BCUT2D eigenvalue weighted by Crippen LogP contribution is 2.21. The molecule has 0 N–H and O–H groups in total. The van der Waals surface area contributed by atoms with Gasteiger partial charge in [0, 0.05) is 43.7 Å². The van der Waals surface area contributed by atoms with Crippen molar-refractivity contribution in [1.82, 2.24) is 24.9 Å². The predicted octanol–water partition coefficient (Wildman–Crippen LogP) is 4.24. The number of piperazine rings is 1. The molecule has 182 valence electrons. The number of nitrogens with zero attached hydrogens (tertiary/aromatic N) is 5. The molecule has 0 spiro atoms. The van der Waals surface area contributed by atoms with Crippen molar-refractivity contribution in [3.8, 4) is 22.9 Å². The molecule has 0 aliphatic carbocycles. The molecule has 8 nitrogen and oxygen atoms in total. The van der Waals surface area contributed by atoms with Crippen LogP contribution in [0.5, 0.6) is 11.5 Å². The van der Waals surface area contributed by atoms with Gasteiger partial charge < -0.3 is 14.0 Å². The van der Waals surface area contributed by atoms with Crippen LogP contribution < -0.4 is 9.47 Å². The Hall–Kier alpha value is -3.34. The molecule has 1 aliphatic rings. The van der Waals surface area contributed by atoms with E-state index in [-0.39, 0.29) is 5.82 Å². The Morgan fingerprint density at radius 3 is 2.31 bits per heavy atom. The lowest BCUT2D eigenvalue weighted by molar-refractivity contribution is 0.111. The summed E-state index contributed by atoms with van der Waals surface area (Å²) in [5.41, 5.74) is 1.94. The van der Waals surface area contributed by atoms with E-state index in [2.05, 4.69) is 30.3 Å². The van der Waals surface area contributed by atoms with Crippen molar-refractivity contribution in [3.05, 3.63) is 76.3 Å². The summed E-state index contributed by atoms with van der Waals surface area (Å²) < 4.78 is 29.4. The Bertz CT molecular complexity index is 1220. The smallest absolute Gasteiger partial charge is 0.241 e. The normalized spacial score (nSPS) is 14.8. The van der Waals surface area contributed by atoms with Crippen molar-refractivity contribution < 1.29 is 18.4 Å². The predicted molar refractivity (Wildman–Crippen MR) is 130 cm³/mol. The average molecular weight is 496 g/mol. The van der Waals surface area contributed by atoms with Crippen LogP contribution in [0.1, 0.15) is 16.6 Å². The van der Waals surface area contributed by atoms with Crippen molar-refractivity contribution in [3.63, 3.8) is 0 Å². The van der Waals surface area contributed by atoms with Gasteiger partial charge in [-0.1, -0.05) is 5.16 Å². The zero-order chi connectivity index (χ0) is 24.0. The molecule has 4 aromatic rings.